The third-order valence-electron chi connectivity index (χ3n) is 2.03. The highest BCUT2D eigenvalue weighted by atomic mass is 32.2. The van der Waals surface area contributed by atoms with Crippen LogP contribution < -0.4 is 11.3 Å². The molecule has 0 aliphatic carbocycles. The predicted molar refractivity (Wildman–Crippen MR) is 67.1 cm³/mol. The minimum atomic E-state index is -0.435. The van der Waals surface area contributed by atoms with Gasteiger partial charge in [-0.15, -0.1) is 0 Å². The quantitative estimate of drug-likeness (QED) is 0.375. The molecular weight excluding hydrogens is 254 g/mol. The molecule has 0 bridgehead atoms. The fourth-order valence-electron chi connectivity index (χ4n) is 1.23. The molecule has 2 aromatic rings. The van der Waals surface area contributed by atoms with Gasteiger partial charge < -0.3 is 0 Å². The fourth-order valence-corrected chi connectivity index (χ4v) is 2.00. The van der Waals surface area contributed by atoms with E-state index in [1.165, 1.54) is 23.9 Å². The molecule has 18 heavy (non-hydrogen) atoms. The molecule has 0 fully saturated rings. The van der Waals surface area contributed by atoms with Crippen molar-refractivity contribution in [1.29, 1.82) is 0 Å². The maximum Gasteiger partial charge on any atom is 0.269 e. The summed E-state index contributed by atoms with van der Waals surface area (Å²) in [5.41, 5.74) is 2.41. The molecular formula is C10H9N5O2S. The summed E-state index contributed by atoms with van der Waals surface area (Å²) in [7, 11) is 0. The number of non-ortho nitro benzene ring substituents is 1. The smallest absolute Gasteiger partial charge is 0.269 e. The Labute approximate surface area is 107 Å². The van der Waals surface area contributed by atoms with Crippen molar-refractivity contribution in [2.45, 2.75) is 9.92 Å². The van der Waals surface area contributed by atoms with Crippen LogP contribution in [0.25, 0.3) is 0 Å². The lowest BCUT2D eigenvalue weighted by Crippen LogP contribution is -2.10. The van der Waals surface area contributed by atoms with Crippen LogP contribution in [0.3, 0.4) is 0 Å². The van der Waals surface area contributed by atoms with E-state index in [-0.39, 0.29) is 5.69 Å². The molecule has 0 radical (unpaired) electrons. The van der Waals surface area contributed by atoms with Crippen molar-refractivity contribution in [2.75, 3.05) is 5.43 Å². The maximum atomic E-state index is 10.5. The number of nitro groups is 1. The van der Waals surface area contributed by atoms with Crippen LogP contribution in [0.15, 0.2) is 46.5 Å². The van der Waals surface area contributed by atoms with E-state index in [1.807, 2.05) is 0 Å². The van der Waals surface area contributed by atoms with Crippen molar-refractivity contribution in [3.8, 4) is 0 Å². The molecule has 1 heterocycles. The molecule has 0 unspecified atom stereocenters. The molecule has 0 atom stereocenters. The molecule has 0 amide bonds. The summed E-state index contributed by atoms with van der Waals surface area (Å²) < 4.78 is 0. The summed E-state index contributed by atoms with van der Waals surface area (Å²) in [4.78, 5) is 18.9. The number of rotatable bonds is 4. The minimum Gasteiger partial charge on any atom is -0.292 e. The maximum absolute atomic E-state index is 10.5. The largest absolute Gasteiger partial charge is 0.292 e. The third-order valence-corrected chi connectivity index (χ3v) is 2.97. The Morgan fingerprint density at radius 3 is 2.61 bits per heavy atom. The van der Waals surface area contributed by atoms with Crippen molar-refractivity contribution >= 4 is 23.4 Å². The molecule has 0 saturated heterocycles. The normalized spacial score (nSPS) is 10.1. The molecule has 2 rings (SSSR count). The molecule has 1 aromatic heterocycles. The van der Waals surface area contributed by atoms with Crippen LogP contribution in [0, 0.1) is 10.1 Å². The van der Waals surface area contributed by atoms with E-state index in [2.05, 4.69) is 15.4 Å². The highest BCUT2D eigenvalue weighted by Crippen LogP contribution is 2.27. The van der Waals surface area contributed by atoms with Gasteiger partial charge in [-0.25, -0.2) is 15.8 Å². The van der Waals surface area contributed by atoms with Crippen molar-refractivity contribution in [3.63, 3.8) is 0 Å². The Hall–Kier alpha value is -2.19. The van der Waals surface area contributed by atoms with E-state index in [0.717, 1.165) is 4.90 Å². The second kappa shape index (κ2) is 5.43. The summed E-state index contributed by atoms with van der Waals surface area (Å²) in [5, 5.41) is 11.2. The first-order valence-corrected chi connectivity index (χ1v) is 5.72. The zero-order valence-electron chi connectivity index (χ0n) is 9.11. The van der Waals surface area contributed by atoms with Gasteiger partial charge in [0.25, 0.3) is 5.69 Å². The first-order valence-electron chi connectivity index (χ1n) is 4.91. The summed E-state index contributed by atoms with van der Waals surface area (Å²) in [6.45, 7) is 0. The van der Waals surface area contributed by atoms with Gasteiger partial charge in [0.15, 0.2) is 0 Å². The monoisotopic (exact) mass is 263 g/mol. The Kier molecular flexibility index (Phi) is 3.70. The summed E-state index contributed by atoms with van der Waals surface area (Å²) >= 11 is 1.37. The van der Waals surface area contributed by atoms with Gasteiger partial charge in [-0.05, 0) is 18.2 Å². The van der Waals surface area contributed by atoms with Gasteiger partial charge in [-0.3, -0.25) is 15.5 Å². The van der Waals surface area contributed by atoms with Crippen LogP contribution in [0.5, 0.6) is 0 Å². The molecule has 0 saturated carbocycles. The molecule has 7 nitrogen and oxygen atoms in total. The molecule has 0 aliphatic heterocycles. The lowest BCUT2D eigenvalue weighted by molar-refractivity contribution is -0.384. The lowest BCUT2D eigenvalue weighted by Gasteiger charge is -2.02. The van der Waals surface area contributed by atoms with Gasteiger partial charge in [0, 0.05) is 23.2 Å². The van der Waals surface area contributed by atoms with Crippen LogP contribution in [0.1, 0.15) is 0 Å². The van der Waals surface area contributed by atoms with E-state index in [9.17, 15) is 10.1 Å². The van der Waals surface area contributed by atoms with E-state index in [4.69, 9.17) is 5.84 Å². The van der Waals surface area contributed by atoms with Crippen molar-refractivity contribution in [3.05, 3.63) is 46.6 Å². The Morgan fingerprint density at radius 1 is 1.28 bits per heavy atom. The topological polar surface area (TPSA) is 107 Å². The molecule has 8 heteroatoms. The Bertz CT molecular complexity index is 560. The average Bonchev–Trinajstić information content (AvgIpc) is 2.39. The molecule has 0 aliphatic rings. The van der Waals surface area contributed by atoms with Gasteiger partial charge in [-0.1, -0.05) is 11.8 Å². The molecule has 92 valence electrons. The van der Waals surface area contributed by atoms with Gasteiger partial charge in [0.2, 0.25) is 5.95 Å². The Balaban J connectivity index is 2.15. The number of anilines is 1. The number of hydrazine groups is 1. The Morgan fingerprint density at radius 2 is 2.00 bits per heavy atom. The highest BCUT2D eigenvalue weighted by Gasteiger charge is 2.05. The molecule has 3 N–H and O–H groups in total. The number of benzene rings is 1. The number of aromatic nitrogens is 2. The minimum absolute atomic E-state index is 0.0614. The fraction of sp³-hybridized carbons (Fsp3) is 0. The number of nitrogens with zero attached hydrogens (tertiary/aromatic N) is 3. The van der Waals surface area contributed by atoms with Crippen LogP contribution in [-0.4, -0.2) is 14.9 Å². The summed E-state index contributed by atoms with van der Waals surface area (Å²) in [6, 6.07) is 7.96. The zero-order valence-corrected chi connectivity index (χ0v) is 9.92. The van der Waals surface area contributed by atoms with Crippen LogP contribution in [0.2, 0.25) is 0 Å². The van der Waals surface area contributed by atoms with E-state index in [0.29, 0.717) is 11.0 Å². The number of hydrogen-bond acceptors (Lipinski definition) is 7. The summed E-state index contributed by atoms with van der Waals surface area (Å²) in [5.74, 6) is 5.53. The second-order valence-corrected chi connectivity index (χ2v) is 4.31. The molecule has 0 spiro atoms. The first kappa shape index (κ1) is 12.3. The first-order chi connectivity index (χ1) is 8.69. The van der Waals surface area contributed by atoms with Gasteiger partial charge >= 0.3 is 0 Å². The van der Waals surface area contributed by atoms with Crippen molar-refractivity contribution in [2.24, 2.45) is 5.84 Å². The number of nitrogen functional groups attached to an aromatic ring is 1. The number of nitrogens with two attached hydrogens (primary N) is 1. The number of nitro benzene ring substituents is 1. The SMILES string of the molecule is NNc1nccc(Sc2ccc([N+](=O)[O-])cc2)n1. The third kappa shape index (κ3) is 2.93. The van der Waals surface area contributed by atoms with Crippen LogP contribution >= 0.6 is 11.8 Å². The standard InChI is InChI=1S/C10H9N5O2S/c11-14-10-12-6-5-9(13-10)18-8-3-1-7(2-4-8)15(16)17/h1-6H,11H2,(H,12,13,14). The van der Waals surface area contributed by atoms with Gasteiger partial charge in [0.1, 0.15) is 5.03 Å². The number of nitrogens with one attached hydrogen (secondary N) is 1. The van der Waals surface area contributed by atoms with E-state index >= 15 is 0 Å². The summed E-state index contributed by atoms with van der Waals surface area (Å²) in [6.07, 6.45) is 1.58. The van der Waals surface area contributed by atoms with Crippen molar-refractivity contribution in [1.82, 2.24) is 9.97 Å². The average molecular weight is 263 g/mol. The highest BCUT2D eigenvalue weighted by molar-refractivity contribution is 7.99. The van der Waals surface area contributed by atoms with Crippen LogP contribution in [0.4, 0.5) is 11.6 Å². The molecule has 1 aromatic carbocycles. The zero-order chi connectivity index (χ0) is 13.0. The lowest BCUT2D eigenvalue weighted by atomic mass is 10.3. The second-order valence-electron chi connectivity index (χ2n) is 3.22. The van der Waals surface area contributed by atoms with E-state index in [1.54, 1.807) is 24.4 Å². The predicted octanol–water partition coefficient (Wildman–Crippen LogP) is 1.82. The van der Waals surface area contributed by atoms with Gasteiger partial charge in [0.05, 0.1) is 4.92 Å². The van der Waals surface area contributed by atoms with E-state index < -0.39 is 4.92 Å². The number of hydrogen-bond donors (Lipinski definition) is 2. The van der Waals surface area contributed by atoms with Crippen molar-refractivity contribution < 1.29 is 4.92 Å². The van der Waals surface area contributed by atoms with Crippen LogP contribution in [-0.2, 0) is 0 Å². The van der Waals surface area contributed by atoms with Gasteiger partial charge in [-0.2, -0.15) is 0 Å².